The molecule has 1 heterocycles. The molecule has 0 saturated heterocycles. The fourth-order valence-electron chi connectivity index (χ4n) is 1.88. The summed E-state index contributed by atoms with van der Waals surface area (Å²) < 4.78 is 0. The molecular weight excluding hydrogens is 226 g/mol. The Hall–Kier alpha value is -1.94. The number of pyridine rings is 1. The molecule has 0 spiro atoms. The maximum atomic E-state index is 11.0. The van der Waals surface area contributed by atoms with Gasteiger partial charge in [-0.15, -0.1) is 0 Å². The van der Waals surface area contributed by atoms with E-state index in [1.54, 1.807) is 7.05 Å². The molecule has 2 rings (SSSR count). The normalized spacial score (nSPS) is 10.5. The smallest absolute Gasteiger partial charge is 0.233 e. The largest absolute Gasteiger partial charge is 0.358 e. The van der Waals surface area contributed by atoms with Gasteiger partial charge in [-0.1, -0.05) is 24.3 Å². The number of rotatable bonds is 5. The molecule has 0 radical (unpaired) electrons. The highest BCUT2D eigenvalue weighted by Crippen LogP contribution is 2.15. The number of carbonyl (C=O) groups is 1. The molecule has 18 heavy (non-hydrogen) atoms. The molecule has 0 aliphatic heterocycles. The minimum absolute atomic E-state index is 0.00560. The highest BCUT2D eigenvalue weighted by Gasteiger charge is 2.02. The fraction of sp³-hybridized carbons (Fsp3) is 0.286. The Morgan fingerprint density at radius 1 is 1.28 bits per heavy atom. The van der Waals surface area contributed by atoms with E-state index in [1.807, 2.05) is 18.3 Å². The molecule has 4 heteroatoms. The van der Waals surface area contributed by atoms with Crippen molar-refractivity contribution in [3.8, 4) is 0 Å². The van der Waals surface area contributed by atoms with E-state index in [0.29, 0.717) is 6.54 Å². The van der Waals surface area contributed by atoms with Gasteiger partial charge in [0.15, 0.2) is 0 Å². The molecule has 0 bridgehead atoms. The number of nitrogens with zero attached hydrogens (tertiary/aromatic N) is 1. The zero-order valence-electron chi connectivity index (χ0n) is 10.4. The van der Waals surface area contributed by atoms with Gasteiger partial charge in [-0.2, -0.15) is 0 Å². The van der Waals surface area contributed by atoms with Gasteiger partial charge >= 0.3 is 0 Å². The molecule has 0 saturated carbocycles. The van der Waals surface area contributed by atoms with E-state index in [4.69, 9.17) is 0 Å². The molecule has 1 aromatic carbocycles. The van der Waals surface area contributed by atoms with E-state index in [0.717, 1.165) is 23.9 Å². The molecule has 2 aromatic rings. The second kappa shape index (κ2) is 6.12. The highest BCUT2D eigenvalue weighted by atomic mass is 16.1. The van der Waals surface area contributed by atoms with Crippen molar-refractivity contribution in [2.75, 3.05) is 20.1 Å². The van der Waals surface area contributed by atoms with Crippen molar-refractivity contribution in [3.05, 3.63) is 42.1 Å². The van der Waals surface area contributed by atoms with Gasteiger partial charge in [0.1, 0.15) is 0 Å². The third-order valence-electron chi connectivity index (χ3n) is 2.85. The number of amides is 1. The van der Waals surface area contributed by atoms with Crippen LogP contribution in [0.25, 0.3) is 10.9 Å². The number of fused-ring (bicyclic) bond motifs is 1. The molecule has 1 aromatic heterocycles. The molecule has 94 valence electrons. The Kier molecular flexibility index (Phi) is 4.25. The number of nitrogens with one attached hydrogen (secondary N) is 2. The lowest BCUT2D eigenvalue weighted by Gasteiger charge is -2.06. The summed E-state index contributed by atoms with van der Waals surface area (Å²) in [5.41, 5.74) is 2.25. The van der Waals surface area contributed by atoms with Crippen LogP contribution in [0.2, 0.25) is 0 Å². The van der Waals surface area contributed by atoms with Gasteiger partial charge in [0, 0.05) is 18.6 Å². The number of benzene rings is 1. The molecular formula is C14H17N3O. The van der Waals surface area contributed by atoms with Gasteiger partial charge in [0.2, 0.25) is 5.91 Å². The average Bonchev–Trinajstić information content (AvgIpc) is 2.43. The van der Waals surface area contributed by atoms with Crippen molar-refractivity contribution in [1.29, 1.82) is 0 Å². The second-order valence-corrected chi connectivity index (χ2v) is 4.09. The third kappa shape index (κ3) is 3.05. The number of hydrogen-bond donors (Lipinski definition) is 2. The van der Waals surface area contributed by atoms with Crippen LogP contribution in [0.4, 0.5) is 0 Å². The van der Waals surface area contributed by atoms with Crippen LogP contribution in [0, 0.1) is 0 Å². The van der Waals surface area contributed by atoms with Crippen molar-refractivity contribution in [2.45, 2.75) is 6.42 Å². The van der Waals surface area contributed by atoms with Crippen molar-refractivity contribution in [3.63, 3.8) is 0 Å². The van der Waals surface area contributed by atoms with Crippen LogP contribution in [0.1, 0.15) is 5.56 Å². The first-order valence-electron chi connectivity index (χ1n) is 6.05. The molecule has 1 amide bonds. The zero-order valence-corrected chi connectivity index (χ0v) is 10.4. The van der Waals surface area contributed by atoms with E-state index in [1.165, 1.54) is 5.56 Å². The predicted molar refractivity (Wildman–Crippen MR) is 72.4 cm³/mol. The fourth-order valence-corrected chi connectivity index (χ4v) is 1.88. The van der Waals surface area contributed by atoms with Gasteiger partial charge in [0.05, 0.1) is 12.1 Å². The van der Waals surface area contributed by atoms with Crippen LogP contribution in [0.3, 0.4) is 0 Å². The lowest BCUT2D eigenvalue weighted by atomic mass is 10.1. The lowest BCUT2D eigenvalue weighted by molar-refractivity contribution is -0.119. The summed E-state index contributed by atoms with van der Waals surface area (Å²) in [7, 11) is 1.64. The quantitative estimate of drug-likeness (QED) is 0.774. The first-order chi connectivity index (χ1) is 8.81. The van der Waals surface area contributed by atoms with Gasteiger partial charge in [-0.25, -0.2) is 0 Å². The van der Waals surface area contributed by atoms with E-state index < -0.39 is 0 Å². The minimum Gasteiger partial charge on any atom is -0.358 e. The SMILES string of the molecule is CNC(=O)CNCCc1cccc2cccnc12. The Morgan fingerprint density at radius 2 is 2.11 bits per heavy atom. The zero-order chi connectivity index (χ0) is 12.8. The minimum atomic E-state index is 0.00560. The average molecular weight is 243 g/mol. The Morgan fingerprint density at radius 3 is 2.94 bits per heavy atom. The van der Waals surface area contributed by atoms with E-state index in [-0.39, 0.29) is 5.91 Å². The Bertz CT molecular complexity index is 534. The summed E-state index contributed by atoms with van der Waals surface area (Å²) in [6.45, 7) is 1.12. The maximum absolute atomic E-state index is 11.0. The van der Waals surface area contributed by atoms with Crippen LogP contribution >= 0.6 is 0 Å². The summed E-state index contributed by atoms with van der Waals surface area (Å²) in [4.78, 5) is 15.5. The molecule has 2 N–H and O–H groups in total. The summed E-state index contributed by atoms with van der Waals surface area (Å²) in [6, 6.07) is 10.2. The first-order valence-corrected chi connectivity index (χ1v) is 6.05. The van der Waals surface area contributed by atoms with Gasteiger partial charge in [-0.05, 0) is 24.6 Å². The van der Waals surface area contributed by atoms with Crippen LogP contribution < -0.4 is 10.6 Å². The maximum Gasteiger partial charge on any atom is 0.233 e. The van der Waals surface area contributed by atoms with Crippen molar-refractivity contribution in [2.24, 2.45) is 0 Å². The van der Waals surface area contributed by atoms with Gasteiger partial charge < -0.3 is 10.6 Å². The summed E-state index contributed by atoms with van der Waals surface area (Å²) in [5.74, 6) is 0.00560. The number of carbonyl (C=O) groups excluding carboxylic acids is 1. The standard InChI is InChI=1S/C14H17N3O/c1-15-13(18)10-16-9-7-12-5-2-4-11-6-3-8-17-14(11)12/h2-6,8,16H,7,9-10H2,1H3,(H,15,18). The topological polar surface area (TPSA) is 54.0 Å². The van der Waals surface area contributed by atoms with Crippen LogP contribution in [0.5, 0.6) is 0 Å². The Labute approximate surface area is 106 Å². The van der Waals surface area contributed by atoms with E-state index in [9.17, 15) is 4.79 Å². The Balaban J connectivity index is 1.97. The molecule has 0 unspecified atom stereocenters. The van der Waals surface area contributed by atoms with Gasteiger partial charge in [0.25, 0.3) is 0 Å². The molecule has 0 fully saturated rings. The summed E-state index contributed by atoms with van der Waals surface area (Å²) >= 11 is 0. The van der Waals surface area contributed by atoms with Crippen LogP contribution in [0.15, 0.2) is 36.5 Å². The monoisotopic (exact) mass is 243 g/mol. The van der Waals surface area contributed by atoms with Crippen LogP contribution in [-0.2, 0) is 11.2 Å². The number of hydrogen-bond acceptors (Lipinski definition) is 3. The molecule has 0 aliphatic rings. The number of para-hydroxylation sites is 1. The first kappa shape index (κ1) is 12.5. The third-order valence-corrected chi connectivity index (χ3v) is 2.85. The number of aromatic nitrogens is 1. The highest BCUT2D eigenvalue weighted by molar-refractivity contribution is 5.81. The lowest BCUT2D eigenvalue weighted by Crippen LogP contribution is -2.32. The summed E-state index contributed by atoms with van der Waals surface area (Å²) in [6.07, 6.45) is 2.68. The van der Waals surface area contributed by atoms with Crippen LogP contribution in [-0.4, -0.2) is 31.0 Å². The predicted octanol–water partition coefficient (Wildman–Crippen LogP) is 1.11. The van der Waals surface area contributed by atoms with E-state index >= 15 is 0 Å². The van der Waals surface area contributed by atoms with Crippen molar-refractivity contribution in [1.82, 2.24) is 15.6 Å². The molecule has 4 nitrogen and oxygen atoms in total. The second-order valence-electron chi connectivity index (χ2n) is 4.09. The summed E-state index contributed by atoms with van der Waals surface area (Å²) in [5, 5.41) is 6.84. The number of likely N-dealkylation sites (N-methyl/N-ethyl adjacent to an activating group) is 1. The van der Waals surface area contributed by atoms with E-state index in [2.05, 4.69) is 33.8 Å². The van der Waals surface area contributed by atoms with Gasteiger partial charge in [-0.3, -0.25) is 9.78 Å². The van der Waals surface area contributed by atoms with Crippen molar-refractivity contribution < 1.29 is 4.79 Å². The molecule has 0 aliphatic carbocycles. The molecule has 0 atom stereocenters. The van der Waals surface area contributed by atoms with Crippen molar-refractivity contribution >= 4 is 16.8 Å².